The van der Waals surface area contributed by atoms with Crippen molar-refractivity contribution in [3.05, 3.63) is 29.3 Å². The van der Waals surface area contributed by atoms with Gasteiger partial charge in [-0.3, -0.25) is 4.79 Å². The summed E-state index contributed by atoms with van der Waals surface area (Å²) < 4.78 is 4.92. The van der Waals surface area contributed by atoms with Crippen LogP contribution in [0.1, 0.15) is 19.3 Å². The van der Waals surface area contributed by atoms with Gasteiger partial charge in [0, 0.05) is 32.7 Å². The fourth-order valence-corrected chi connectivity index (χ4v) is 2.77. The van der Waals surface area contributed by atoms with E-state index in [0.29, 0.717) is 13.0 Å². The number of nitrogens with zero attached hydrogens (tertiary/aromatic N) is 1. The number of anilines is 1. The highest BCUT2D eigenvalue weighted by molar-refractivity contribution is 6.33. The van der Waals surface area contributed by atoms with Crippen molar-refractivity contribution in [1.29, 1.82) is 0 Å². The summed E-state index contributed by atoms with van der Waals surface area (Å²) in [7, 11) is 1.60. The molecule has 20 heavy (non-hydrogen) atoms. The Bertz CT molecular complexity index is 453. The van der Waals surface area contributed by atoms with Crippen LogP contribution in [0.4, 0.5) is 5.69 Å². The molecule has 1 heterocycles. The van der Waals surface area contributed by atoms with Crippen LogP contribution in [0.5, 0.6) is 0 Å². The van der Waals surface area contributed by atoms with Gasteiger partial charge < -0.3 is 15.0 Å². The second-order valence-corrected chi connectivity index (χ2v) is 5.45. The van der Waals surface area contributed by atoms with Crippen molar-refractivity contribution in [3.63, 3.8) is 0 Å². The molecule has 0 aromatic heterocycles. The number of hydrogen-bond donors (Lipinski definition) is 1. The zero-order chi connectivity index (χ0) is 14.4. The van der Waals surface area contributed by atoms with Crippen molar-refractivity contribution in [3.8, 4) is 0 Å². The molecule has 1 N–H and O–H groups in total. The summed E-state index contributed by atoms with van der Waals surface area (Å²) >= 11 is 6.23. The van der Waals surface area contributed by atoms with Gasteiger partial charge in [0.1, 0.15) is 0 Å². The van der Waals surface area contributed by atoms with Gasteiger partial charge in [0.15, 0.2) is 0 Å². The highest BCUT2D eigenvalue weighted by Gasteiger charge is 2.22. The third-order valence-corrected chi connectivity index (χ3v) is 3.83. The molecule has 0 unspecified atom stereocenters. The molecule has 1 fully saturated rings. The summed E-state index contributed by atoms with van der Waals surface area (Å²) in [4.78, 5) is 14.0. The number of ether oxygens (including phenoxy) is 1. The summed E-state index contributed by atoms with van der Waals surface area (Å²) in [5.41, 5.74) is 1.05. The summed E-state index contributed by atoms with van der Waals surface area (Å²) in [6, 6.07) is 8.03. The molecule has 1 aromatic carbocycles. The maximum Gasteiger partial charge on any atom is 0.222 e. The lowest BCUT2D eigenvalue weighted by atomic mass is 10.0. The summed E-state index contributed by atoms with van der Waals surface area (Å²) in [5, 5.41) is 3.83. The number of hydrogen-bond acceptors (Lipinski definition) is 3. The van der Waals surface area contributed by atoms with E-state index < -0.39 is 0 Å². The Morgan fingerprint density at radius 2 is 2.30 bits per heavy atom. The van der Waals surface area contributed by atoms with Crippen LogP contribution in [0.2, 0.25) is 5.02 Å². The first-order chi connectivity index (χ1) is 9.70. The molecule has 110 valence electrons. The highest BCUT2D eigenvalue weighted by atomic mass is 35.5. The molecule has 1 amide bonds. The number of carbonyl (C=O) groups excluding carboxylic acids is 1. The SMILES string of the molecule is COCCC(=O)N[C@H]1CCCN(c2ccccc2Cl)C1. The summed E-state index contributed by atoms with van der Waals surface area (Å²) in [6.07, 6.45) is 2.49. The maximum atomic E-state index is 11.7. The minimum atomic E-state index is 0.0536. The molecular weight excluding hydrogens is 276 g/mol. The Balaban J connectivity index is 1.92. The monoisotopic (exact) mass is 296 g/mol. The zero-order valence-electron chi connectivity index (χ0n) is 11.8. The molecular formula is C15H21ClN2O2. The molecule has 1 aliphatic heterocycles. The number of rotatable bonds is 5. The quantitative estimate of drug-likeness (QED) is 0.907. The first-order valence-corrected chi connectivity index (χ1v) is 7.36. The van der Waals surface area contributed by atoms with Gasteiger partial charge in [-0.25, -0.2) is 0 Å². The number of benzene rings is 1. The third-order valence-electron chi connectivity index (χ3n) is 3.51. The van der Waals surface area contributed by atoms with Crippen LogP contribution in [0.15, 0.2) is 24.3 Å². The Hall–Kier alpha value is -1.26. The molecule has 0 spiro atoms. The molecule has 0 radical (unpaired) electrons. The molecule has 1 aromatic rings. The van der Waals surface area contributed by atoms with Gasteiger partial charge in [-0.15, -0.1) is 0 Å². The molecule has 0 aliphatic carbocycles. The van der Waals surface area contributed by atoms with Crippen LogP contribution in [0, 0.1) is 0 Å². The fraction of sp³-hybridized carbons (Fsp3) is 0.533. The van der Waals surface area contributed by atoms with E-state index in [1.54, 1.807) is 7.11 Å². The van der Waals surface area contributed by atoms with Gasteiger partial charge in [0.05, 0.1) is 17.3 Å². The third kappa shape index (κ3) is 4.12. The van der Waals surface area contributed by atoms with Crippen molar-refractivity contribution < 1.29 is 9.53 Å². The second-order valence-electron chi connectivity index (χ2n) is 5.05. The number of carbonyl (C=O) groups is 1. The van der Waals surface area contributed by atoms with Crippen LogP contribution >= 0.6 is 11.6 Å². The number of amides is 1. The molecule has 0 saturated carbocycles. The Morgan fingerprint density at radius 1 is 1.50 bits per heavy atom. The van der Waals surface area contributed by atoms with Crippen LogP contribution in [-0.2, 0) is 9.53 Å². The Labute approximate surface area is 125 Å². The maximum absolute atomic E-state index is 11.7. The van der Waals surface area contributed by atoms with Crippen LogP contribution in [-0.4, -0.2) is 38.8 Å². The van der Waals surface area contributed by atoms with E-state index in [0.717, 1.165) is 36.6 Å². The van der Waals surface area contributed by atoms with Crippen molar-refractivity contribution in [2.45, 2.75) is 25.3 Å². The fourth-order valence-electron chi connectivity index (χ4n) is 2.52. The molecule has 5 heteroatoms. The normalized spacial score (nSPS) is 18.9. The lowest BCUT2D eigenvalue weighted by Crippen LogP contribution is -2.48. The van der Waals surface area contributed by atoms with Crippen LogP contribution in [0.3, 0.4) is 0 Å². The minimum absolute atomic E-state index is 0.0536. The van der Waals surface area contributed by atoms with E-state index in [-0.39, 0.29) is 11.9 Å². The van der Waals surface area contributed by atoms with Gasteiger partial charge in [0.25, 0.3) is 0 Å². The number of halogens is 1. The van der Waals surface area contributed by atoms with Crippen molar-refractivity contribution in [1.82, 2.24) is 5.32 Å². The van der Waals surface area contributed by atoms with Crippen molar-refractivity contribution in [2.24, 2.45) is 0 Å². The highest BCUT2D eigenvalue weighted by Crippen LogP contribution is 2.27. The first-order valence-electron chi connectivity index (χ1n) is 6.98. The van der Waals surface area contributed by atoms with Gasteiger partial charge in [0.2, 0.25) is 5.91 Å². The number of piperidine rings is 1. The van der Waals surface area contributed by atoms with E-state index in [1.807, 2.05) is 24.3 Å². The Morgan fingerprint density at radius 3 is 3.05 bits per heavy atom. The Kier molecular flexibility index (Phi) is 5.68. The number of nitrogens with one attached hydrogen (secondary N) is 1. The van der Waals surface area contributed by atoms with E-state index >= 15 is 0 Å². The summed E-state index contributed by atoms with van der Waals surface area (Å²) in [6.45, 7) is 2.25. The first kappa shape index (κ1) is 15.1. The van der Waals surface area contributed by atoms with Gasteiger partial charge in [-0.05, 0) is 25.0 Å². The predicted molar refractivity (Wildman–Crippen MR) is 81.3 cm³/mol. The number of para-hydroxylation sites is 1. The standard InChI is InChI=1S/C15H21ClN2O2/c1-20-10-8-15(19)17-12-5-4-9-18(11-12)14-7-3-2-6-13(14)16/h2-3,6-7,12H,4-5,8-11H2,1H3,(H,17,19)/t12-/m0/s1. The molecule has 0 bridgehead atoms. The second kappa shape index (κ2) is 7.50. The summed E-state index contributed by atoms with van der Waals surface area (Å²) in [5.74, 6) is 0.0536. The lowest BCUT2D eigenvalue weighted by Gasteiger charge is -2.35. The molecule has 1 saturated heterocycles. The van der Waals surface area contributed by atoms with Gasteiger partial charge >= 0.3 is 0 Å². The van der Waals surface area contributed by atoms with E-state index in [9.17, 15) is 4.79 Å². The van der Waals surface area contributed by atoms with Crippen molar-refractivity contribution in [2.75, 3.05) is 31.7 Å². The van der Waals surface area contributed by atoms with E-state index in [2.05, 4.69) is 10.2 Å². The molecule has 1 atom stereocenters. The average molecular weight is 297 g/mol. The van der Waals surface area contributed by atoms with Crippen LogP contribution in [0.25, 0.3) is 0 Å². The van der Waals surface area contributed by atoms with Gasteiger partial charge in [-0.1, -0.05) is 23.7 Å². The average Bonchev–Trinajstić information content (AvgIpc) is 2.46. The van der Waals surface area contributed by atoms with Crippen LogP contribution < -0.4 is 10.2 Å². The lowest BCUT2D eigenvalue weighted by molar-refractivity contribution is -0.122. The zero-order valence-corrected chi connectivity index (χ0v) is 12.5. The van der Waals surface area contributed by atoms with Gasteiger partial charge in [-0.2, -0.15) is 0 Å². The largest absolute Gasteiger partial charge is 0.384 e. The molecule has 4 nitrogen and oxygen atoms in total. The minimum Gasteiger partial charge on any atom is -0.384 e. The topological polar surface area (TPSA) is 41.6 Å². The van der Waals surface area contributed by atoms with E-state index in [1.165, 1.54) is 0 Å². The molecule has 2 rings (SSSR count). The smallest absolute Gasteiger partial charge is 0.222 e. The van der Waals surface area contributed by atoms with Crippen molar-refractivity contribution >= 4 is 23.2 Å². The number of methoxy groups -OCH3 is 1. The molecule has 1 aliphatic rings. The van der Waals surface area contributed by atoms with E-state index in [4.69, 9.17) is 16.3 Å². The predicted octanol–water partition coefficient (Wildman–Crippen LogP) is 2.46.